The average Bonchev–Trinajstić information content (AvgIpc) is 2.94. The van der Waals surface area contributed by atoms with Gasteiger partial charge in [-0.05, 0) is 24.1 Å². The van der Waals surface area contributed by atoms with Crippen molar-refractivity contribution < 1.29 is 14.7 Å². The highest BCUT2D eigenvalue weighted by molar-refractivity contribution is 5.84. The van der Waals surface area contributed by atoms with Gasteiger partial charge in [-0.3, -0.25) is 14.6 Å². The van der Waals surface area contributed by atoms with Crippen LogP contribution in [0.5, 0.6) is 0 Å². The van der Waals surface area contributed by atoms with Crippen LogP contribution in [0.1, 0.15) is 12.5 Å². The molecule has 6 heteroatoms. The highest BCUT2D eigenvalue weighted by Gasteiger charge is 2.34. The summed E-state index contributed by atoms with van der Waals surface area (Å²) in [5.74, 6) is -0.411. The Balaban J connectivity index is 1.69. The number of nitrogens with one attached hydrogen (secondary N) is 1. The summed E-state index contributed by atoms with van der Waals surface area (Å²) in [6.45, 7) is 2.17. The van der Waals surface area contributed by atoms with E-state index in [2.05, 4.69) is 10.3 Å². The van der Waals surface area contributed by atoms with Gasteiger partial charge in [-0.25, -0.2) is 0 Å². The first-order valence-electron chi connectivity index (χ1n) is 8.07. The second kappa shape index (κ2) is 6.97. The van der Waals surface area contributed by atoms with E-state index >= 15 is 0 Å². The lowest BCUT2D eigenvalue weighted by atomic mass is 9.94. The van der Waals surface area contributed by atoms with Gasteiger partial charge in [-0.1, -0.05) is 18.2 Å². The third kappa shape index (κ3) is 3.54. The Bertz CT molecular complexity index is 757. The number of β-amino-alcohol motifs (C(OH)–C–C–N with tert-alkyl or cyclic N) is 1. The van der Waals surface area contributed by atoms with Crippen molar-refractivity contribution in [3.8, 4) is 0 Å². The van der Waals surface area contributed by atoms with Gasteiger partial charge in [0, 0.05) is 37.5 Å². The maximum Gasteiger partial charge on any atom is 0.242 e. The minimum Gasteiger partial charge on any atom is -0.391 e. The number of carbonyl (C=O) groups excluding carboxylic acids is 2. The summed E-state index contributed by atoms with van der Waals surface area (Å²) in [5, 5.41) is 13.9. The third-order valence-corrected chi connectivity index (χ3v) is 4.47. The highest BCUT2D eigenvalue weighted by atomic mass is 16.3. The van der Waals surface area contributed by atoms with Gasteiger partial charge in [0.1, 0.15) is 0 Å². The second-order valence-electron chi connectivity index (χ2n) is 6.23. The van der Waals surface area contributed by atoms with Crippen LogP contribution in [0.15, 0.2) is 36.5 Å². The molecule has 1 fully saturated rings. The van der Waals surface area contributed by atoms with Crippen molar-refractivity contribution in [1.29, 1.82) is 0 Å². The fourth-order valence-electron chi connectivity index (χ4n) is 3.19. The van der Waals surface area contributed by atoms with E-state index in [4.69, 9.17) is 0 Å². The summed E-state index contributed by atoms with van der Waals surface area (Å²) in [5.41, 5.74) is 2.06. The molecule has 6 nitrogen and oxygen atoms in total. The van der Waals surface area contributed by atoms with Crippen LogP contribution in [0.3, 0.4) is 0 Å². The number of aliphatic hydroxyl groups is 1. The number of rotatable bonds is 4. The van der Waals surface area contributed by atoms with Crippen molar-refractivity contribution in [2.45, 2.75) is 19.4 Å². The molecule has 1 aliphatic rings. The van der Waals surface area contributed by atoms with E-state index in [-0.39, 0.29) is 24.3 Å². The summed E-state index contributed by atoms with van der Waals surface area (Å²) >= 11 is 0. The second-order valence-corrected chi connectivity index (χ2v) is 6.23. The molecule has 3 rings (SSSR count). The first-order valence-corrected chi connectivity index (χ1v) is 8.07. The zero-order valence-electron chi connectivity index (χ0n) is 13.6. The summed E-state index contributed by atoms with van der Waals surface area (Å²) < 4.78 is 0. The zero-order chi connectivity index (χ0) is 17.1. The normalized spacial score (nSPS) is 20.3. The summed E-state index contributed by atoms with van der Waals surface area (Å²) in [7, 11) is 0. The number of aromatic nitrogens is 1. The number of hydrogen-bond donors (Lipinski definition) is 2. The van der Waals surface area contributed by atoms with E-state index in [1.165, 1.54) is 6.92 Å². The molecule has 2 N–H and O–H groups in total. The number of fused-ring (bicyclic) bond motifs is 1. The molecule has 126 valence electrons. The van der Waals surface area contributed by atoms with Crippen molar-refractivity contribution in [3.63, 3.8) is 0 Å². The van der Waals surface area contributed by atoms with Gasteiger partial charge in [0.05, 0.1) is 18.2 Å². The van der Waals surface area contributed by atoms with Crippen LogP contribution in [0.25, 0.3) is 10.9 Å². The molecular formula is C18H21N3O3. The lowest BCUT2D eigenvalue weighted by molar-refractivity contribution is -0.131. The number of nitrogens with zero attached hydrogens (tertiary/aromatic N) is 2. The van der Waals surface area contributed by atoms with Gasteiger partial charge in [0.2, 0.25) is 11.8 Å². The van der Waals surface area contributed by atoms with E-state index in [0.29, 0.717) is 19.5 Å². The molecule has 1 saturated heterocycles. The van der Waals surface area contributed by atoms with E-state index < -0.39 is 6.10 Å². The Morgan fingerprint density at radius 3 is 2.88 bits per heavy atom. The molecule has 24 heavy (non-hydrogen) atoms. The molecule has 2 amide bonds. The number of aliphatic hydroxyl groups excluding tert-OH is 1. The van der Waals surface area contributed by atoms with Crippen LogP contribution in [-0.2, 0) is 16.0 Å². The molecule has 2 heterocycles. The largest absolute Gasteiger partial charge is 0.391 e. The zero-order valence-corrected chi connectivity index (χ0v) is 13.6. The van der Waals surface area contributed by atoms with Gasteiger partial charge in [-0.2, -0.15) is 0 Å². The number of para-hydroxylation sites is 1. The van der Waals surface area contributed by atoms with Crippen molar-refractivity contribution in [2.24, 2.45) is 5.92 Å². The molecule has 0 bridgehead atoms. The molecule has 0 radical (unpaired) electrons. The first-order chi connectivity index (χ1) is 11.5. The van der Waals surface area contributed by atoms with Gasteiger partial charge in [0.15, 0.2) is 0 Å². The molecule has 1 aromatic heterocycles. The molecule has 2 atom stereocenters. The quantitative estimate of drug-likeness (QED) is 0.867. The van der Waals surface area contributed by atoms with Crippen LogP contribution >= 0.6 is 0 Å². The van der Waals surface area contributed by atoms with Crippen molar-refractivity contribution in [3.05, 3.63) is 42.1 Å². The number of likely N-dealkylation sites (tertiary alicyclic amines) is 1. The lowest BCUT2D eigenvalue weighted by Gasteiger charge is -2.16. The van der Waals surface area contributed by atoms with Crippen LogP contribution in [-0.4, -0.2) is 52.5 Å². The van der Waals surface area contributed by atoms with E-state index in [1.807, 2.05) is 30.3 Å². The average molecular weight is 327 g/mol. The monoisotopic (exact) mass is 327 g/mol. The fraction of sp³-hybridized carbons (Fsp3) is 0.389. The molecule has 0 spiro atoms. The molecule has 0 aliphatic carbocycles. The third-order valence-electron chi connectivity index (χ3n) is 4.47. The lowest BCUT2D eigenvalue weighted by Crippen LogP contribution is -2.38. The summed E-state index contributed by atoms with van der Waals surface area (Å²) in [4.78, 5) is 29.0. The van der Waals surface area contributed by atoms with Gasteiger partial charge >= 0.3 is 0 Å². The van der Waals surface area contributed by atoms with Crippen molar-refractivity contribution >= 4 is 22.7 Å². The molecule has 1 aliphatic heterocycles. The molecule has 0 unspecified atom stereocenters. The topological polar surface area (TPSA) is 82.5 Å². The van der Waals surface area contributed by atoms with Crippen LogP contribution in [0.2, 0.25) is 0 Å². The van der Waals surface area contributed by atoms with E-state index in [1.54, 1.807) is 11.1 Å². The molecular weight excluding hydrogens is 306 g/mol. The van der Waals surface area contributed by atoms with Gasteiger partial charge in [-0.15, -0.1) is 0 Å². The minimum absolute atomic E-state index is 0.0166. The Morgan fingerprint density at radius 2 is 2.08 bits per heavy atom. The van der Waals surface area contributed by atoms with Gasteiger partial charge < -0.3 is 15.3 Å². The first kappa shape index (κ1) is 16.4. The van der Waals surface area contributed by atoms with Crippen LogP contribution in [0, 0.1) is 5.92 Å². The predicted molar refractivity (Wildman–Crippen MR) is 90.2 cm³/mol. The van der Waals surface area contributed by atoms with Crippen molar-refractivity contribution in [1.82, 2.24) is 15.2 Å². The Hall–Kier alpha value is -2.47. The molecule has 0 saturated carbocycles. The van der Waals surface area contributed by atoms with Gasteiger partial charge in [0.25, 0.3) is 0 Å². The minimum atomic E-state index is -0.557. The van der Waals surface area contributed by atoms with Crippen LogP contribution < -0.4 is 5.32 Å². The maximum atomic E-state index is 12.1. The van der Waals surface area contributed by atoms with Crippen molar-refractivity contribution in [2.75, 3.05) is 19.6 Å². The maximum absolute atomic E-state index is 12.1. The molecule has 1 aromatic carbocycles. The Morgan fingerprint density at radius 1 is 1.29 bits per heavy atom. The Kier molecular flexibility index (Phi) is 4.76. The van der Waals surface area contributed by atoms with Crippen LogP contribution in [0.4, 0.5) is 0 Å². The summed E-state index contributed by atoms with van der Waals surface area (Å²) in [6, 6.07) is 9.89. The number of amides is 2. The SMILES string of the molecule is CC(=O)NCC(=O)N1C[C@@H](Cc2ccnc3ccccc23)[C@@H](O)C1. The number of pyridine rings is 1. The summed E-state index contributed by atoms with van der Waals surface area (Å²) in [6.07, 6.45) is 1.91. The number of benzene rings is 1. The van der Waals surface area contributed by atoms with E-state index in [0.717, 1.165) is 16.5 Å². The number of carbonyl (C=O) groups is 2. The standard InChI is InChI=1S/C18H21N3O3/c1-12(22)20-9-18(24)21-10-14(17(23)11-21)8-13-6-7-19-16-5-3-2-4-15(13)16/h2-7,14,17,23H,8-11H2,1H3,(H,20,22)/t14-,17+/m1/s1. The number of hydrogen-bond acceptors (Lipinski definition) is 4. The fourth-order valence-corrected chi connectivity index (χ4v) is 3.19. The highest BCUT2D eigenvalue weighted by Crippen LogP contribution is 2.25. The Labute approximate surface area is 140 Å². The predicted octanol–water partition coefficient (Wildman–Crippen LogP) is 0.733. The van der Waals surface area contributed by atoms with E-state index in [9.17, 15) is 14.7 Å². The smallest absolute Gasteiger partial charge is 0.242 e. The molecule has 2 aromatic rings.